The topological polar surface area (TPSA) is 77.9 Å². The number of aliphatic carboxylic acids is 1. The Hall–Kier alpha value is -0.660. The second-order valence-electron chi connectivity index (χ2n) is 6.16. The van der Waals surface area contributed by atoms with E-state index in [1.54, 1.807) is 0 Å². The normalized spacial score (nSPS) is 13.2. The zero-order chi connectivity index (χ0) is 15.3. The number of hydrogen-bond acceptors (Lipinski definition) is 4. The summed E-state index contributed by atoms with van der Waals surface area (Å²) in [6.45, 7) is 6.12. The van der Waals surface area contributed by atoms with E-state index in [1.807, 2.05) is 39.8 Å². The molecule has 0 unspecified atom stereocenters. The highest BCUT2D eigenvalue weighted by Gasteiger charge is 2.26. The second-order valence-corrected chi connectivity index (χ2v) is 8.25. The number of carboxylic acids is 1. The van der Waals surface area contributed by atoms with Gasteiger partial charge in [-0.2, -0.15) is 4.31 Å². The molecule has 0 atom stereocenters. The van der Waals surface area contributed by atoms with Crippen molar-refractivity contribution in [2.45, 2.75) is 27.2 Å². The fraction of sp³-hybridized carbons (Fsp3) is 0.917. The van der Waals surface area contributed by atoms with Crippen molar-refractivity contribution in [3.05, 3.63) is 0 Å². The lowest BCUT2D eigenvalue weighted by Crippen LogP contribution is -2.41. The fourth-order valence-corrected chi connectivity index (χ4v) is 3.14. The zero-order valence-electron chi connectivity index (χ0n) is 12.5. The quantitative estimate of drug-likeness (QED) is 0.713. The molecule has 7 heteroatoms. The average molecular weight is 294 g/mol. The summed E-state index contributed by atoms with van der Waals surface area (Å²) in [5, 5.41) is 8.82. The van der Waals surface area contributed by atoms with E-state index in [-0.39, 0.29) is 17.7 Å². The molecule has 0 aromatic heterocycles. The van der Waals surface area contributed by atoms with Crippen LogP contribution in [-0.4, -0.2) is 68.2 Å². The third-order valence-electron chi connectivity index (χ3n) is 2.61. The summed E-state index contributed by atoms with van der Waals surface area (Å²) in [5.41, 5.74) is -0.0937. The van der Waals surface area contributed by atoms with E-state index in [9.17, 15) is 13.2 Å². The van der Waals surface area contributed by atoms with Crippen molar-refractivity contribution in [2.75, 3.05) is 39.5 Å². The Morgan fingerprint density at radius 2 is 1.68 bits per heavy atom. The molecule has 0 aliphatic rings. The first-order valence-electron chi connectivity index (χ1n) is 6.28. The molecule has 0 spiro atoms. The molecule has 1 N–H and O–H groups in total. The summed E-state index contributed by atoms with van der Waals surface area (Å²) in [4.78, 5) is 12.6. The number of carboxylic acid groups (broad SMARTS) is 1. The highest BCUT2D eigenvalue weighted by Crippen LogP contribution is 2.20. The average Bonchev–Trinajstić information content (AvgIpc) is 2.19. The van der Waals surface area contributed by atoms with Crippen LogP contribution in [0.25, 0.3) is 0 Å². The molecule has 0 fully saturated rings. The largest absolute Gasteiger partial charge is 0.480 e. The van der Waals surface area contributed by atoms with Crippen LogP contribution in [0.4, 0.5) is 0 Å². The van der Waals surface area contributed by atoms with Crippen LogP contribution in [0, 0.1) is 5.41 Å². The van der Waals surface area contributed by atoms with E-state index >= 15 is 0 Å². The van der Waals surface area contributed by atoms with Crippen molar-refractivity contribution in [3.8, 4) is 0 Å². The third kappa shape index (κ3) is 8.96. The maximum Gasteiger partial charge on any atom is 0.318 e. The Kier molecular flexibility index (Phi) is 6.96. The highest BCUT2D eigenvalue weighted by molar-refractivity contribution is 7.89. The minimum absolute atomic E-state index is 0.0167. The summed E-state index contributed by atoms with van der Waals surface area (Å²) < 4.78 is 25.4. The number of sulfonamides is 1. The molecule has 19 heavy (non-hydrogen) atoms. The first-order chi connectivity index (χ1) is 8.44. The van der Waals surface area contributed by atoms with Gasteiger partial charge < -0.3 is 10.0 Å². The van der Waals surface area contributed by atoms with Crippen molar-refractivity contribution in [1.82, 2.24) is 9.21 Å². The Morgan fingerprint density at radius 3 is 2.05 bits per heavy atom. The fourth-order valence-electron chi connectivity index (χ4n) is 1.34. The van der Waals surface area contributed by atoms with Gasteiger partial charge in [-0.25, -0.2) is 8.42 Å². The number of likely N-dealkylation sites (N-methyl/N-ethyl adjacent to an activating group) is 1. The van der Waals surface area contributed by atoms with Crippen molar-refractivity contribution in [2.24, 2.45) is 5.41 Å². The molecule has 0 amide bonds. The van der Waals surface area contributed by atoms with Crippen LogP contribution < -0.4 is 0 Å². The van der Waals surface area contributed by atoms with Crippen LogP contribution in [0.1, 0.15) is 27.2 Å². The van der Waals surface area contributed by atoms with Gasteiger partial charge in [0.05, 0.1) is 5.75 Å². The smallest absolute Gasteiger partial charge is 0.318 e. The molecule has 0 aromatic rings. The molecule has 0 saturated carbocycles. The predicted octanol–water partition coefficient (Wildman–Crippen LogP) is 0.701. The molecule has 6 nitrogen and oxygen atoms in total. The molecule has 0 radical (unpaired) electrons. The maximum atomic E-state index is 12.2. The zero-order valence-corrected chi connectivity index (χ0v) is 13.3. The Balaban J connectivity index is 4.76. The minimum Gasteiger partial charge on any atom is -0.480 e. The summed E-state index contributed by atoms with van der Waals surface area (Å²) >= 11 is 0. The van der Waals surface area contributed by atoms with Gasteiger partial charge in [0.15, 0.2) is 0 Å². The molecule has 114 valence electrons. The van der Waals surface area contributed by atoms with Crippen LogP contribution in [0.5, 0.6) is 0 Å². The third-order valence-corrected chi connectivity index (χ3v) is 4.43. The van der Waals surface area contributed by atoms with Gasteiger partial charge in [0.1, 0.15) is 6.54 Å². The van der Waals surface area contributed by atoms with Crippen molar-refractivity contribution in [3.63, 3.8) is 0 Å². The van der Waals surface area contributed by atoms with E-state index in [1.165, 1.54) is 0 Å². The molecule has 0 saturated heterocycles. The molecule has 0 aromatic carbocycles. The van der Waals surface area contributed by atoms with E-state index in [0.717, 1.165) is 4.31 Å². The maximum absolute atomic E-state index is 12.2. The summed E-state index contributed by atoms with van der Waals surface area (Å²) in [6, 6.07) is 0. The van der Waals surface area contributed by atoms with Gasteiger partial charge in [-0.3, -0.25) is 4.79 Å². The lowest BCUT2D eigenvalue weighted by molar-refractivity contribution is -0.137. The van der Waals surface area contributed by atoms with E-state index in [0.29, 0.717) is 13.0 Å². The van der Waals surface area contributed by atoms with E-state index in [2.05, 4.69) is 0 Å². The standard InChI is InChI=1S/C12H26N2O4S/c1-12(2,3)6-9-19(17,18)14(10-11(15)16)8-7-13(4)5/h6-10H2,1-5H3,(H,15,16). The van der Waals surface area contributed by atoms with E-state index in [4.69, 9.17) is 5.11 Å². The number of rotatable bonds is 8. The lowest BCUT2D eigenvalue weighted by atomic mass is 9.94. The Bertz CT molecular complexity index is 385. The summed E-state index contributed by atoms with van der Waals surface area (Å²) in [6.07, 6.45) is 0.507. The first-order valence-corrected chi connectivity index (χ1v) is 7.89. The summed E-state index contributed by atoms with van der Waals surface area (Å²) in [7, 11) is 0.120. The van der Waals surface area contributed by atoms with Crippen LogP contribution in [-0.2, 0) is 14.8 Å². The predicted molar refractivity (Wildman–Crippen MR) is 75.6 cm³/mol. The van der Waals surface area contributed by atoms with Gasteiger partial charge in [-0.15, -0.1) is 0 Å². The molecule has 0 aliphatic heterocycles. The SMILES string of the molecule is CN(C)CCN(CC(=O)O)S(=O)(=O)CCC(C)(C)C. The molecule has 0 bridgehead atoms. The van der Waals surface area contributed by atoms with Gasteiger partial charge in [0.25, 0.3) is 0 Å². The summed E-state index contributed by atoms with van der Waals surface area (Å²) in [5.74, 6) is -1.14. The van der Waals surface area contributed by atoms with Gasteiger partial charge in [0.2, 0.25) is 10.0 Å². The van der Waals surface area contributed by atoms with Crippen molar-refractivity contribution in [1.29, 1.82) is 0 Å². The monoisotopic (exact) mass is 294 g/mol. The van der Waals surface area contributed by atoms with Crippen LogP contribution >= 0.6 is 0 Å². The highest BCUT2D eigenvalue weighted by atomic mass is 32.2. The van der Waals surface area contributed by atoms with Crippen molar-refractivity contribution < 1.29 is 18.3 Å². The van der Waals surface area contributed by atoms with Gasteiger partial charge >= 0.3 is 5.97 Å². The molecule has 0 aliphatic carbocycles. The van der Waals surface area contributed by atoms with Crippen LogP contribution in [0.2, 0.25) is 0 Å². The molecular formula is C12H26N2O4S. The number of hydrogen-bond donors (Lipinski definition) is 1. The van der Waals surface area contributed by atoms with Gasteiger partial charge in [0, 0.05) is 13.1 Å². The molecule has 0 rings (SSSR count). The van der Waals surface area contributed by atoms with Gasteiger partial charge in [-0.1, -0.05) is 20.8 Å². The van der Waals surface area contributed by atoms with Crippen molar-refractivity contribution >= 4 is 16.0 Å². The van der Waals surface area contributed by atoms with Crippen LogP contribution in [0.3, 0.4) is 0 Å². The molecule has 0 heterocycles. The van der Waals surface area contributed by atoms with Crippen LogP contribution in [0.15, 0.2) is 0 Å². The number of carbonyl (C=O) groups is 1. The van der Waals surface area contributed by atoms with Gasteiger partial charge in [-0.05, 0) is 25.9 Å². The second kappa shape index (κ2) is 7.21. The minimum atomic E-state index is -3.52. The Morgan fingerprint density at radius 1 is 1.16 bits per heavy atom. The lowest BCUT2D eigenvalue weighted by Gasteiger charge is -2.24. The van der Waals surface area contributed by atoms with E-state index < -0.39 is 22.5 Å². The Labute approximate surface area is 116 Å². The molecular weight excluding hydrogens is 268 g/mol. The number of nitrogens with zero attached hydrogens (tertiary/aromatic N) is 2. The first kappa shape index (κ1) is 18.3.